The van der Waals surface area contributed by atoms with Crippen molar-refractivity contribution >= 4 is 34.1 Å². The van der Waals surface area contributed by atoms with Gasteiger partial charge in [-0.2, -0.15) is 5.10 Å². The van der Waals surface area contributed by atoms with Crippen LogP contribution in [0, 0.1) is 6.92 Å². The lowest BCUT2D eigenvalue weighted by Gasteiger charge is -2.02. The van der Waals surface area contributed by atoms with E-state index >= 15 is 0 Å². The summed E-state index contributed by atoms with van der Waals surface area (Å²) in [5, 5.41) is 18.2. The molecule has 0 saturated carbocycles. The van der Waals surface area contributed by atoms with Gasteiger partial charge in [0.15, 0.2) is 10.9 Å². The predicted octanol–water partition coefficient (Wildman–Crippen LogP) is 2.16. The van der Waals surface area contributed by atoms with Crippen molar-refractivity contribution in [2.75, 3.05) is 11.1 Å². The Bertz CT molecular complexity index is 753. The highest BCUT2D eigenvalue weighted by molar-refractivity contribution is 7.99. The molecular weight excluding hydrogens is 320 g/mol. The van der Waals surface area contributed by atoms with Gasteiger partial charge in [-0.05, 0) is 25.1 Å². The number of carbonyl (C=O) groups excluding carboxylic acids is 1. The van der Waals surface area contributed by atoms with E-state index in [-0.39, 0.29) is 11.7 Å². The lowest BCUT2D eigenvalue weighted by atomic mass is 10.5. The molecule has 0 aliphatic heterocycles. The van der Waals surface area contributed by atoms with Crippen LogP contribution in [0.1, 0.15) is 5.69 Å². The van der Waals surface area contributed by atoms with Crippen molar-refractivity contribution in [3.63, 3.8) is 0 Å². The molecule has 0 fully saturated rings. The van der Waals surface area contributed by atoms with Crippen LogP contribution in [0.25, 0.3) is 5.82 Å². The van der Waals surface area contributed by atoms with Crippen molar-refractivity contribution in [1.29, 1.82) is 0 Å². The van der Waals surface area contributed by atoms with Gasteiger partial charge >= 0.3 is 0 Å². The molecule has 22 heavy (non-hydrogen) atoms. The summed E-state index contributed by atoms with van der Waals surface area (Å²) in [5.74, 6) is 0.781. The SMILES string of the molecule is Cc1csc(NC(=O)CSc2ccc(-n3cccn3)nn2)n1. The first-order chi connectivity index (χ1) is 10.7. The maximum absolute atomic E-state index is 11.8. The van der Waals surface area contributed by atoms with Crippen molar-refractivity contribution in [2.24, 2.45) is 0 Å². The van der Waals surface area contributed by atoms with E-state index in [0.29, 0.717) is 16.0 Å². The molecule has 3 heterocycles. The van der Waals surface area contributed by atoms with Gasteiger partial charge in [-0.15, -0.1) is 21.5 Å². The standard InChI is InChI=1S/C13H12N6OS2/c1-9-7-22-13(15-9)16-11(20)8-21-12-4-3-10(17-18-12)19-6-2-5-14-19/h2-7H,8H2,1H3,(H,15,16,20). The number of nitrogens with one attached hydrogen (secondary N) is 1. The van der Waals surface area contributed by atoms with Crippen molar-refractivity contribution in [3.05, 3.63) is 41.7 Å². The zero-order valence-corrected chi connectivity index (χ0v) is 13.3. The molecule has 3 aromatic rings. The fourth-order valence-electron chi connectivity index (χ4n) is 1.62. The number of nitrogens with zero attached hydrogens (tertiary/aromatic N) is 5. The summed E-state index contributed by atoms with van der Waals surface area (Å²) in [6.45, 7) is 1.89. The van der Waals surface area contributed by atoms with E-state index in [0.717, 1.165) is 5.69 Å². The molecule has 0 aliphatic carbocycles. The first-order valence-corrected chi connectivity index (χ1v) is 8.26. The third kappa shape index (κ3) is 3.68. The molecule has 0 aliphatic rings. The molecule has 0 atom stereocenters. The number of amides is 1. The van der Waals surface area contributed by atoms with Crippen molar-refractivity contribution in [3.8, 4) is 5.82 Å². The minimum Gasteiger partial charge on any atom is -0.301 e. The molecule has 112 valence electrons. The second kappa shape index (κ2) is 6.67. The average molecular weight is 332 g/mol. The van der Waals surface area contributed by atoms with Gasteiger partial charge in [0.2, 0.25) is 5.91 Å². The molecule has 0 radical (unpaired) electrons. The van der Waals surface area contributed by atoms with E-state index in [2.05, 4.69) is 25.6 Å². The Morgan fingerprint density at radius 1 is 1.41 bits per heavy atom. The zero-order valence-electron chi connectivity index (χ0n) is 11.6. The Balaban J connectivity index is 1.54. The summed E-state index contributed by atoms with van der Waals surface area (Å²) in [7, 11) is 0. The van der Waals surface area contributed by atoms with Crippen molar-refractivity contribution < 1.29 is 4.79 Å². The topological polar surface area (TPSA) is 85.6 Å². The molecule has 0 unspecified atom stereocenters. The fraction of sp³-hybridized carbons (Fsp3) is 0.154. The van der Waals surface area contributed by atoms with E-state index in [1.807, 2.05) is 30.5 Å². The highest BCUT2D eigenvalue weighted by Gasteiger charge is 2.07. The Morgan fingerprint density at radius 3 is 2.95 bits per heavy atom. The van der Waals surface area contributed by atoms with Crippen molar-refractivity contribution in [2.45, 2.75) is 11.9 Å². The molecule has 9 heteroatoms. The summed E-state index contributed by atoms with van der Waals surface area (Å²) in [6.07, 6.45) is 3.47. The summed E-state index contributed by atoms with van der Waals surface area (Å²) in [5.41, 5.74) is 0.896. The molecule has 7 nitrogen and oxygen atoms in total. The molecule has 0 saturated heterocycles. The van der Waals surface area contributed by atoms with Gasteiger partial charge in [-0.25, -0.2) is 9.67 Å². The van der Waals surface area contributed by atoms with E-state index < -0.39 is 0 Å². The minimum atomic E-state index is -0.114. The highest BCUT2D eigenvalue weighted by atomic mass is 32.2. The smallest absolute Gasteiger partial charge is 0.236 e. The Kier molecular flexibility index (Phi) is 4.45. The van der Waals surface area contributed by atoms with Gasteiger partial charge in [-0.3, -0.25) is 4.79 Å². The summed E-state index contributed by atoms with van der Waals surface area (Å²) in [4.78, 5) is 16.0. The number of anilines is 1. The second-order valence-electron chi connectivity index (χ2n) is 4.31. The van der Waals surface area contributed by atoms with Crippen molar-refractivity contribution in [1.82, 2.24) is 25.0 Å². The average Bonchev–Trinajstić information content (AvgIpc) is 3.18. The molecule has 0 bridgehead atoms. The van der Waals surface area contributed by atoms with Gasteiger partial charge in [0.05, 0.1) is 11.4 Å². The number of hydrogen-bond donors (Lipinski definition) is 1. The number of thiazole rings is 1. The molecule has 3 aromatic heterocycles. The van der Waals surface area contributed by atoms with Crippen LogP contribution in [-0.4, -0.2) is 36.6 Å². The highest BCUT2D eigenvalue weighted by Crippen LogP contribution is 2.17. The van der Waals surface area contributed by atoms with Crippen LogP contribution in [0.15, 0.2) is 41.0 Å². The zero-order chi connectivity index (χ0) is 15.4. The Morgan fingerprint density at radius 2 is 2.32 bits per heavy atom. The summed E-state index contributed by atoms with van der Waals surface area (Å²) in [6, 6.07) is 5.44. The normalized spacial score (nSPS) is 10.6. The van der Waals surface area contributed by atoms with Gasteiger partial charge in [0, 0.05) is 17.8 Å². The van der Waals surface area contributed by atoms with Crippen LogP contribution in [0.5, 0.6) is 0 Å². The van der Waals surface area contributed by atoms with Crippen LogP contribution < -0.4 is 5.32 Å². The van der Waals surface area contributed by atoms with E-state index in [1.165, 1.54) is 23.1 Å². The lowest BCUT2D eigenvalue weighted by molar-refractivity contribution is -0.113. The van der Waals surface area contributed by atoms with E-state index in [9.17, 15) is 4.79 Å². The van der Waals surface area contributed by atoms with Crippen LogP contribution in [-0.2, 0) is 4.79 Å². The number of carbonyl (C=O) groups is 1. The van der Waals surface area contributed by atoms with Crippen LogP contribution in [0.2, 0.25) is 0 Å². The maximum Gasteiger partial charge on any atom is 0.236 e. The number of hydrogen-bond acceptors (Lipinski definition) is 7. The first-order valence-electron chi connectivity index (χ1n) is 6.39. The van der Waals surface area contributed by atoms with Crippen LogP contribution >= 0.6 is 23.1 Å². The predicted molar refractivity (Wildman–Crippen MR) is 85.4 cm³/mol. The van der Waals surface area contributed by atoms with Crippen LogP contribution in [0.3, 0.4) is 0 Å². The number of aryl methyl sites for hydroxylation is 1. The number of thioether (sulfide) groups is 1. The maximum atomic E-state index is 11.8. The third-order valence-electron chi connectivity index (χ3n) is 2.58. The number of aromatic nitrogens is 5. The molecule has 1 amide bonds. The summed E-state index contributed by atoms with van der Waals surface area (Å²) < 4.78 is 1.62. The molecule has 1 N–H and O–H groups in total. The molecule has 0 spiro atoms. The first kappa shape index (κ1) is 14.7. The molecule has 0 aromatic carbocycles. The van der Waals surface area contributed by atoms with Crippen LogP contribution in [0.4, 0.5) is 5.13 Å². The van der Waals surface area contributed by atoms with E-state index in [4.69, 9.17) is 0 Å². The fourth-order valence-corrected chi connectivity index (χ4v) is 2.94. The molecular formula is C13H12N6OS2. The minimum absolute atomic E-state index is 0.114. The number of rotatable bonds is 5. The van der Waals surface area contributed by atoms with Gasteiger partial charge in [0.1, 0.15) is 5.03 Å². The second-order valence-corrected chi connectivity index (χ2v) is 6.17. The van der Waals surface area contributed by atoms with Gasteiger partial charge in [0.25, 0.3) is 0 Å². The van der Waals surface area contributed by atoms with Gasteiger partial charge < -0.3 is 5.32 Å². The Hall–Kier alpha value is -2.26. The molecule has 3 rings (SSSR count). The lowest BCUT2D eigenvalue weighted by Crippen LogP contribution is -2.14. The largest absolute Gasteiger partial charge is 0.301 e. The van der Waals surface area contributed by atoms with E-state index in [1.54, 1.807) is 17.1 Å². The monoisotopic (exact) mass is 332 g/mol. The third-order valence-corrected chi connectivity index (χ3v) is 4.38. The van der Waals surface area contributed by atoms with Gasteiger partial charge in [-0.1, -0.05) is 11.8 Å². The Labute approximate surface area is 134 Å². The quantitative estimate of drug-likeness (QED) is 0.721. The summed E-state index contributed by atoms with van der Waals surface area (Å²) >= 11 is 2.73.